The Hall–Kier alpha value is -0.380. The number of rotatable bonds is 8. The van der Waals surface area contributed by atoms with Crippen molar-refractivity contribution in [2.75, 3.05) is 19.8 Å². The van der Waals surface area contributed by atoms with Crippen molar-refractivity contribution in [3.05, 3.63) is 34.9 Å². The van der Waals surface area contributed by atoms with Crippen molar-refractivity contribution in [2.45, 2.75) is 26.6 Å². The van der Waals surface area contributed by atoms with Crippen LogP contribution in [0, 0.1) is 0 Å². The van der Waals surface area contributed by atoms with Gasteiger partial charge >= 0.3 is 7.60 Å². The lowest BCUT2D eigenvalue weighted by Gasteiger charge is -2.26. The molecule has 1 atom stereocenters. The average molecular weight is 307 g/mol. The van der Waals surface area contributed by atoms with Gasteiger partial charge in [-0.05, 0) is 38.5 Å². The molecule has 0 radical (unpaired) electrons. The Bertz CT molecular complexity index is 411. The van der Waals surface area contributed by atoms with Gasteiger partial charge in [-0.3, -0.25) is 4.57 Å². The third kappa shape index (κ3) is 4.59. The second-order valence-corrected chi connectivity index (χ2v) is 6.24. The highest BCUT2D eigenvalue weighted by molar-refractivity contribution is 7.54. The van der Waals surface area contributed by atoms with Crippen LogP contribution in [0.3, 0.4) is 0 Å². The van der Waals surface area contributed by atoms with Crippen LogP contribution >= 0.6 is 19.2 Å². The van der Waals surface area contributed by atoms with E-state index >= 15 is 0 Å². The van der Waals surface area contributed by atoms with Crippen molar-refractivity contribution in [3.8, 4) is 0 Å². The zero-order valence-electron chi connectivity index (χ0n) is 11.5. The van der Waals surface area contributed by atoms with E-state index in [0.29, 0.717) is 24.8 Å². The minimum Gasteiger partial charge on any atom is -0.361 e. The molecule has 0 aliphatic carbocycles. The molecule has 0 heterocycles. The van der Waals surface area contributed by atoms with Gasteiger partial charge in [-0.1, -0.05) is 23.7 Å². The quantitative estimate of drug-likeness (QED) is 0.656. The monoisotopic (exact) mass is 306 g/mol. The molecule has 0 bridgehead atoms. The predicted octanol–water partition coefficient (Wildman–Crippen LogP) is 4.64. The number of benzene rings is 1. The van der Waals surface area contributed by atoms with Gasteiger partial charge in [0.15, 0.2) is 5.85 Å². The van der Waals surface area contributed by atoms with Gasteiger partial charge in [-0.25, -0.2) is 0 Å². The SMILES string of the molecule is CCO[C@H](c1ccc(Cl)cc1)P(=O)(OCC)OCC. The third-order valence-corrected chi connectivity index (χ3v) is 4.89. The second kappa shape index (κ2) is 8.03. The Labute approximate surface area is 119 Å². The number of ether oxygens (including phenoxy) is 1. The van der Waals surface area contributed by atoms with Gasteiger partial charge in [0.25, 0.3) is 0 Å². The molecule has 0 aromatic heterocycles. The first kappa shape index (κ1) is 16.7. The maximum absolute atomic E-state index is 12.8. The van der Waals surface area contributed by atoms with Crippen LogP contribution in [-0.4, -0.2) is 19.8 Å². The van der Waals surface area contributed by atoms with E-state index in [1.165, 1.54) is 0 Å². The van der Waals surface area contributed by atoms with Crippen LogP contribution in [0.15, 0.2) is 24.3 Å². The summed E-state index contributed by atoms with van der Waals surface area (Å²) in [7, 11) is -3.35. The Morgan fingerprint density at radius 2 is 1.58 bits per heavy atom. The van der Waals surface area contributed by atoms with Crippen LogP contribution in [0.25, 0.3) is 0 Å². The highest BCUT2D eigenvalue weighted by Gasteiger charge is 2.37. The molecule has 0 N–H and O–H groups in total. The van der Waals surface area contributed by atoms with Crippen molar-refractivity contribution < 1.29 is 18.3 Å². The summed E-state index contributed by atoms with van der Waals surface area (Å²) in [6.45, 7) is 6.40. The van der Waals surface area contributed by atoms with Gasteiger partial charge in [0, 0.05) is 11.6 Å². The van der Waals surface area contributed by atoms with Crippen molar-refractivity contribution >= 4 is 19.2 Å². The second-order valence-electron chi connectivity index (χ2n) is 3.73. The van der Waals surface area contributed by atoms with E-state index in [2.05, 4.69) is 0 Å². The minimum atomic E-state index is -3.35. The van der Waals surface area contributed by atoms with E-state index in [-0.39, 0.29) is 0 Å². The van der Waals surface area contributed by atoms with E-state index in [1.807, 2.05) is 6.92 Å². The minimum absolute atomic E-state index is 0.300. The van der Waals surface area contributed by atoms with E-state index in [0.717, 1.165) is 5.56 Å². The van der Waals surface area contributed by atoms with Gasteiger partial charge in [-0.15, -0.1) is 0 Å². The topological polar surface area (TPSA) is 44.8 Å². The summed E-state index contributed by atoms with van der Waals surface area (Å²) in [4.78, 5) is 0. The van der Waals surface area contributed by atoms with Crippen molar-refractivity contribution in [1.82, 2.24) is 0 Å². The van der Waals surface area contributed by atoms with Crippen molar-refractivity contribution in [3.63, 3.8) is 0 Å². The zero-order chi connectivity index (χ0) is 14.3. The molecule has 4 nitrogen and oxygen atoms in total. The normalized spacial score (nSPS) is 13.5. The predicted molar refractivity (Wildman–Crippen MR) is 76.7 cm³/mol. The van der Waals surface area contributed by atoms with Gasteiger partial charge in [0.05, 0.1) is 13.2 Å². The molecule has 0 aliphatic heterocycles. The van der Waals surface area contributed by atoms with Gasteiger partial charge in [0.1, 0.15) is 0 Å². The summed E-state index contributed by atoms with van der Waals surface area (Å²) in [6.07, 6.45) is 0. The molecule has 0 saturated carbocycles. The van der Waals surface area contributed by atoms with Crippen LogP contribution in [-0.2, 0) is 18.3 Å². The fourth-order valence-corrected chi connectivity index (χ4v) is 3.75. The molecular weight excluding hydrogens is 287 g/mol. The van der Waals surface area contributed by atoms with Crippen LogP contribution in [0.5, 0.6) is 0 Å². The summed E-state index contributed by atoms with van der Waals surface area (Å²) in [5.74, 6) is -0.727. The summed E-state index contributed by atoms with van der Waals surface area (Å²) in [6, 6.07) is 7.00. The Balaban J connectivity index is 3.09. The standard InChI is InChI=1S/C13H20ClO4P/c1-4-16-13(11-7-9-12(14)10-8-11)19(15,17-5-2)18-6-3/h7-10,13H,4-6H2,1-3H3/t13-/m0/s1. The lowest BCUT2D eigenvalue weighted by Crippen LogP contribution is -2.10. The molecule has 6 heteroatoms. The van der Waals surface area contributed by atoms with E-state index in [9.17, 15) is 4.57 Å². The first-order chi connectivity index (χ1) is 9.07. The maximum Gasteiger partial charge on any atom is 0.363 e. The van der Waals surface area contributed by atoms with Gasteiger partial charge < -0.3 is 13.8 Å². The summed E-state index contributed by atoms with van der Waals surface area (Å²) in [5, 5.41) is 0.613. The maximum atomic E-state index is 12.8. The molecule has 19 heavy (non-hydrogen) atoms. The molecule has 0 aliphatic rings. The molecule has 0 unspecified atom stereocenters. The summed E-state index contributed by atoms with van der Waals surface area (Å²) < 4.78 is 29.1. The molecule has 0 saturated heterocycles. The smallest absolute Gasteiger partial charge is 0.361 e. The lowest BCUT2D eigenvalue weighted by atomic mass is 10.2. The van der Waals surface area contributed by atoms with Crippen LogP contribution in [0.4, 0.5) is 0 Å². The molecule has 1 aromatic rings. The molecule has 1 rings (SSSR count). The fraction of sp³-hybridized carbons (Fsp3) is 0.538. The Kier molecular flexibility index (Phi) is 7.05. The van der Waals surface area contributed by atoms with Gasteiger partial charge in [-0.2, -0.15) is 0 Å². The first-order valence-corrected chi connectivity index (χ1v) is 8.32. The average Bonchev–Trinajstić information content (AvgIpc) is 2.38. The summed E-state index contributed by atoms with van der Waals surface area (Å²) in [5.41, 5.74) is 0.733. The van der Waals surface area contributed by atoms with Crippen LogP contribution in [0.2, 0.25) is 5.02 Å². The lowest BCUT2D eigenvalue weighted by molar-refractivity contribution is 0.0783. The first-order valence-electron chi connectivity index (χ1n) is 6.33. The van der Waals surface area contributed by atoms with E-state index in [1.54, 1.807) is 38.1 Å². The highest BCUT2D eigenvalue weighted by Crippen LogP contribution is 2.61. The molecule has 0 fully saturated rings. The number of hydrogen-bond acceptors (Lipinski definition) is 4. The molecule has 1 aromatic carbocycles. The summed E-state index contributed by atoms with van der Waals surface area (Å²) >= 11 is 5.86. The van der Waals surface area contributed by atoms with Crippen LogP contribution in [0.1, 0.15) is 32.2 Å². The Morgan fingerprint density at radius 1 is 1.05 bits per heavy atom. The van der Waals surface area contributed by atoms with Crippen molar-refractivity contribution in [1.29, 1.82) is 0 Å². The highest BCUT2D eigenvalue weighted by atomic mass is 35.5. The third-order valence-electron chi connectivity index (χ3n) is 2.38. The number of halogens is 1. The molecule has 108 valence electrons. The largest absolute Gasteiger partial charge is 0.363 e. The van der Waals surface area contributed by atoms with E-state index in [4.69, 9.17) is 25.4 Å². The van der Waals surface area contributed by atoms with Gasteiger partial charge in [0.2, 0.25) is 0 Å². The molecule has 0 amide bonds. The number of hydrogen-bond donors (Lipinski definition) is 0. The fourth-order valence-electron chi connectivity index (χ4n) is 1.69. The van der Waals surface area contributed by atoms with Crippen LogP contribution < -0.4 is 0 Å². The van der Waals surface area contributed by atoms with E-state index < -0.39 is 13.4 Å². The molecular formula is C13H20ClO4P. The Morgan fingerprint density at radius 3 is 2.00 bits per heavy atom. The molecule has 0 spiro atoms. The van der Waals surface area contributed by atoms with Crippen molar-refractivity contribution in [2.24, 2.45) is 0 Å². The zero-order valence-corrected chi connectivity index (χ0v) is 13.1.